The third-order valence-corrected chi connectivity index (χ3v) is 5.89. The molecule has 0 saturated heterocycles. The fraction of sp³-hybridized carbons (Fsp3) is 0.485. The molecule has 0 saturated carbocycles. The van der Waals surface area contributed by atoms with Gasteiger partial charge in [0.15, 0.2) is 0 Å². The van der Waals surface area contributed by atoms with Crippen LogP contribution >= 0.6 is 0 Å². The van der Waals surface area contributed by atoms with Crippen molar-refractivity contribution < 1.29 is 9.53 Å². The molecule has 2 heterocycles. The highest BCUT2D eigenvalue weighted by molar-refractivity contribution is 5.95. The number of nitrogens with zero attached hydrogens (tertiary/aromatic N) is 1. The van der Waals surface area contributed by atoms with Gasteiger partial charge in [-0.1, -0.05) is 95.7 Å². The van der Waals surface area contributed by atoms with Gasteiger partial charge >= 0.3 is 5.97 Å². The minimum atomic E-state index is -0.328. The zero-order valence-electron chi connectivity index (χ0n) is 24.3. The number of esters is 1. The molecule has 0 fully saturated rings. The largest absolute Gasteiger partial charge is 0.460 e. The maximum Gasteiger partial charge on any atom is 0.303 e. The summed E-state index contributed by atoms with van der Waals surface area (Å²) in [4.78, 5) is 10.2. The number of carbonyl (C=O) groups excluding carboxylic acids is 1. The molecule has 2 aromatic rings. The topological polar surface area (TPSA) is 31.2 Å². The molecule has 1 aromatic heterocycles. The van der Waals surface area contributed by atoms with Gasteiger partial charge in [0, 0.05) is 29.9 Å². The van der Waals surface area contributed by atoms with Crippen LogP contribution in [0.15, 0.2) is 66.8 Å². The highest BCUT2D eigenvalue weighted by atomic mass is 16.6. The molecule has 3 rings (SSSR count). The molecule has 0 amide bonds. The molecular weight excluding hydrogens is 442 g/mol. The smallest absolute Gasteiger partial charge is 0.303 e. The molecule has 1 aromatic carbocycles. The molecule has 0 atom stereocenters. The van der Waals surface area contributed by atoms with Crippen LogP contribution in [-0.4, -0.2) is 16.1 Å². The van der Waals surface area contributed by atoms with E-state index in [2.05, 4.69) is 80.5 Å². The first-order valence-electron chi connectivity index (χ1n) is 13.6. The van der Waals surface area contributed by atoms with E-state index in [0.717, 1.165) is 6.54 Å². The number of allylic oxidation sites excluding steroid dienone is 7. The Morgan fingerprint density at radius 1 is 1.14 bits per heavy atom. The summed E-state index contributed by atoms with van der Waals surface area (Å²) in [6.45, 7) is 22.6. The van der Waals surface area contributed by atoms with Crippen molar-refractivity contribution in [2.75, 3.05) is 0 Å². The molecule has 0 unspecified atom stereocenters. The summed E-state index contributed by atoms with van der Waals surface area (Å²) in [6, 6.07) is 8.94. The maximum absolute atomic E-state index is 10.2. The molecule has 0 spiro atoms. The minimum Gasteiger partial charge on any atom is -0.460 e. The number of carbonyl (C=O) groups is 1. The molecule has 0 aliphatic carbocycles. The van der Waals surface area contributed by atoms with E-state index in [1.807, 2.05) is 40.7 Å². The van der Waals surface area contributed by atoms with Gasteiger partial charge in [-0.05, 0) is 63.7 Å². The summed E-state index contributed by atoms with van der Waals surface area (Å²) in [5.74, 6) is 0.382. The Labute approximate surface area is 220 Å². The van der Waals surface area contributed by atoms with Crippen LogP contribution in [0.2, 0.25) is 0 Å². The average Bonchev–Trinajstić information content (AvgIpc) is 3.03. The van der Waals surface area contributed by atoms with Crippen LogP contribution in [0.1, 0.15) is 105 Å². The quantitative estimate of drug-likeness (QED) is 0.376. The van der Waals surface area contributed by atoms with Gasteiger partial charge in [-0.2, -0.15) is 0 Å². The monoisotopic (exact) mass is 491 g/mol. The van der Waals surface area contributed by atoms with Crippen molar-refractivity contribution in [1.29, 1.82) is 0 Å². The first-order chi connectivity index (χ1) is 17.2. The van der Waals surface area contributed by atoms with Gasteiger partial charge in [0.1, 0.15) is 5.60 Å². The zero-order chi connectivity index (χ0) is 27.3. The Balaban J connectivity index is 0.000000554. The predicted molar refractivity (Wildman–Crippen MR) is 158 cm³/mol. The van der Waals surface area contributed by atoms with Crippen LogP contribution in [0, 0.1) is 0 Å². The Morgan fingerprint density at radius 3 is 2.22 bits per heavy atom. The van der Waals surface area contributed by atoms with Crippen molar-refractivity contribution in [3.63, 3.8) is 0 Å². The summed E-state index contributed by atoms with van der Waals surface area (Å²) >= 11 is 0. The number of para-hydroxylation sites is 1. The summed E-state index contributed by atoms with van der Waals surface area (Å²) in [7, 11) is 0. The van der Waals surface area contributed by atoms with E-state index in [-0.39, 0.29) is 11.6 Å². The third-order valence-electron chi connectivity index (χ3n) is 5.89. The van der Waals surface area contributed by atoms with Gasteiger partial charge < -0.3 is 9.30 Å². The van der Waals surface area contributed by atoms with E-state index in [0.29, 0.717) is 5.92 Å². The number of ether oxygens (including phenoxy) is 1. The van der Waals surface area contributed by atoms with Crippen molar-refractivity contribution >= 4 is 22.4 Å². The van der Waals surface area contributed by atoms with Crippen LogP contribution in [0.5, 0.6) is 0 Å². The van der Waals surface area contributed by atoms with E-state index in [4.69, 9.17) is 4.74 Å². The number of hydrogen-bond donors (Lipinski definition) is 0. The average molecular weight is 492 g/mol. The second-order valence-electron chi connectivity index (χ2n) is 9.83. The lowest BCUT2D eigenvalue weighted by atomic mass is 9.85. The standard InChI is InChI=1S/C25H31N.C6H12O2.C2H6/c1-5-12-20(13-6-2)24-22-16-9-10-17-23(22)26-18-11-15-19(8-4)21(14-7-3)25(24)26;1-5(7)8-6(2,3)4;1-2/h7-11,14-17,20H,3,5-6,12-13,18H2,1-2,4H3;1-4H3;1-2H3/b19-8-,21-14+;;. The van der Waals surface area contributed by atoms with Gasteiger partial charge in [0.25, 0.3) is 0 Å². The lowest BCUT2D eigenvalue weighted by molar-refractivity contribution is -0.151. The van der Waals surface area contributed by atoms with Crippen molar-refractivity contribution in [3.05, 3.63) is 78.1 Å². The molecule has 1 aliphatic rings. The summed E-state index contributed by atoms with van der Waals surface area (Å²) in [5.41, 5.74) is 6.56. The number of rotatable bonds is 6. The molecular formula is C33H49NO2. The van der Waals surface area contributed by atoms with Crippen molar-refractivity contribution in [2.24, 2.45) is 0 Å². The van der Waals surface area contributed by atoms with E-state index in [1.54, 1.807) is 5.56 Å². The van der Waals surface area contributed by atoms with E-state index < -0.39 is 0 Å². The van der Waals surface area contributed by atoms with E-state index in [1.165, 1.54) is 60.4 Å². The van der Waals surface area contributed by atoms with Gasteiger partial charge in [-0.25, -0.2) is 0 Å². The van der Waals surface area contributed by atoms with Crippen LogP contribution < -0.4 is 0 Å². The van der Waals surface area contributed by atoms with Gasteiger partial charge in [-0.15, -0.1) is 0 Å². The number of fused-ring (bicyclic) bond motifs is 3. The lowest BCUT2D eigenvalue weighted by Gasteiger charge is -2.20. The molecule has 36 heavy (non-hydrogen) atoms. The number of hydrogen-bond acceptors (Lipinski definition) is 2. The molecule has 198 valence electrons. The Kier molecular flexibility index (Phi) is 13.3. The molecule has 3 nitrogen and oxygen atoms in total. The fourth-order valence-electron chi connectivity index (χ4n) is 4.84. The van der Waals surface area contributed by atoms with E-state index in [9.17, 15) is 4.79 Å². The van der Waals surface area contributed by atoms with Gasteiger partial charge in [-0.3, -0.25) is 4.79 Å². The predicted octanol–water partition coefficient (Wildman–Crippen LogP) is 9.78. The number of benzene rings is 1. The highest BCUT2D eigenvalue weighted by Gasteiger charge is 2.26. The van der Waals surface area contributed by atoms with Gasteiger partial charge in [0.05, 0.1) is 5.69 Å². The molecule has 0 N–H and O–H groups in total. The summed E-state index contributed by atoms with van der Waals surface area (Å²) in [5, 5.41) is 1.43. The highest BCUT2D eigenvalue weighted by Crippen LogP contribution is 2.43. The lowest BCUT2D eigenvalue weighted by Crippen LogP contribution is -2.21. The second-order valence-corrected chi connectivity index (χ2v) is 9.83. The van der Waals surface area contributed by atoms with Crippen LogP contribution in [-0.2, 0) is 16.1 Å². The van der Waals surface area contributed by atoms with E-state index >= 15 is 0 Å². The van der Waals surface area contributed by atoms with Gasteiger partial charge in [0.2, 0.25) is 0 Å². The van der Waals surface area contributed by atoms with Crippen molar-refractivity contribution in [1.82, 2.24) is 4.57 Å². The molecule has 3 heteroatoms. The normalized spacial score (nSPS) is 15.1. The maximum atomic E-state index is 10.2. The van der Waals surface area contributed by atoms with Crippen LogP contribution in [0.25, 0.3) is 16.5 Å². The number of aromatic nitrogens is 1. The van der Waals surface area contributed by atoms with Crippen molar-refractivity contribution in [2.45, 2.75) is 106 Å². The Bertz CT molecular complexity index is 1070. The summed E-state index contributed by atoms with van der Waals surface area (Å²) < 4.78 is 7.30. The zero-order valence-corrected chi connectivity index (χ0v) is 24.3. The minimum absolute atomic E-state index is 0.225. The van der Waals surface area contributed by atoms with Crippen LogP contribution in [0.3, 0.4) is 0 Å². The Morgan fingerprint density at radius 2 is 1.75 bits per heavy atom. The Hall–Kier alpha value is -2.81. The van der Waals surface area contributed by atoms with Crippen LogP contribution in [0.4, 0.5) is 0 Å². The first kappa shape index (κ1) is 31.2. The fourth-order valence-corrected chi connectivity index (χ4v) is 4.84. The molecule has 1 aliphatic heterocycles. The summed E-state index contributed by atoms with van der Waals surface area (Å²) in [6.07, 6.45) is 15.8. The second kappa shape index (κ2) is 15.3. The SMILES string of the molecule is C=C/C=C1\C(=C/C)C=CCn2c1c(C(CCC)CCC)c1ccccc12.CC.CC(=O)OC(C)(C)C. The van der Waals surface area contributed by atoms with Crippen molar-refractivity contribution in [3.8, 4) is 0 Å². The third kappa shape index (κ3) is 8.40. The molecule has 0 bridgehead atoms. The first-order valence-corrected chi connectivity index (χ1v) is 13.6. The molecule has 0 radical (unpaired) electrons.